The van der Waals surface area contributed by atoms with E-state index >= 15 is 0 Å². The van der Waals surface area contributed by atoms with Gasteiger partial charge >= 0.3 is 0 Å². The number of aryl methyl sites for hydroxylation is 1. The Bertz CT molecular complexity index is 279. The van der Waals surface area contributed by atoms with Crippen molar-refractivity contribution in [3.05, 3.63) is 12.3 Å². The molecule has 2 heterocycles. The molecule has 0 amide bonds. The smallest absolute Gasteiger partial charge is 0.145 e. The number of aromatic nitrogens is 2. The van der Waals surface area contributed by atoms with Crippen molar-refractivity contribution in [3.63, 3.8) is 0 Å². The minimum Gasteiger partial charge on any atom is -0.382 e. The molecule has 1 aliphatic rings. The molecule has 1 fully saturated rings. The standard InChI is InChI=1S/C10H17N3O/c11-10-5-7-13(12-10)6-1-3-9-4-2-8-14-9/h5,7,9H,1-4,6,8H2,(H2,11,12). The van der Waals surface area contributed by atoms with Crippen LogP contribution in [-0.2, 0) is 11.3 Å². The molecule has 0 aromatic carbocycles. The van der Waals surface area contributed by atoms with Crippen molar-refractivity contribution in [1.82, 2.24) is 9.78 Å². The highest BCUT2D eigenvalue weighted by atomic mass is 16.5. The summed E-state index contributed by atoms with van der Waals surface area (Å²) in [7, 11) is 0. The Morgan fingerprint density at radius 3 is 3.21 bits per heavy atom. The highest BCUT2D eigenvalue weighted by Gasteiger charge is 2.14. The third-order valence-electron chi connectivity index (χ3n) is 2.60. The van der Waals surface area contributed by atoms with Gasteiger partial charge in [0, 0.05) is 19.3 Å². The predicted octanol–water partition coefficient (Wildman–Crippen LogP) is 1.42. The van der Waals surface area contributed by atoms with E-state index < -0.39 is 0 Å². The Hall–Kier alpha value is -1.03. The van der Waals surface area contributed by atoms with E-state index in [0.29, 0.717) is 11.9 Å². The van der Waals surface area contributed by atoms with Gasteiger partial charge in [0.15, 0.2) is 0 Å². The Morgan fingerprint density at radius 2 is 2.57 bits per heavy atom. The number of nitrogens with two attached hydrogens (primary N) is 1. The molecule has 78 valence electrons. The number of anilines is 1. The lowest BCUT2D eigenvalue weighted by Crippen LogP contribution is -2.07. The minimum absolute atomic E-state index is 0.489. The van der Waals surface area contributed by atoms with Crippen LogP contribution in [0.2, 0.25) is 0 Å². The molecule has 1 aromatic rings. The van der Waals surface area contributed by atoms with Crippen LogP contribution in [0.4, 0.5) is 5.82 Å². The first-order chi connectivity index (χ1) is 6.84. The van der Waals surface area contributed by atoms with Crippen LogP contribution >= 0.6 is 0 Å². The van der Waals surface area contributed by atoms with E-state index in [-0.39, 0.29) is 0 Å². The van der Waals surface area contributed by atoms with Crippen LogP contribution < -0.4 is 5.73 Å². The maximum absolute atomic E-state index is 5.54. The van der Waals surface area contributed by atoms with Crippen molar-refractivity contribution < 1.29 is 4.74 Å². The van der Waals surface area contributed by atoms with Crippen molar-refractivity contribution in [2.24, 2.45) is 0 Å². The van der Waals surface area contributed by atoms with Crippen LogP contribution in [0.5, 0.6) is 0 Å². The Kier molecular flexibility index (Phi) is 3.03. The minimum atomic E-state index is 0.489. The molecule has 0 bridgehead atoms. The van der Waals surface area contributed by atoms with E-state index in [1.807, 2.05) is 16.9 Å². The summed E-state index contributed by atoms with van der Waals surface area (Å²) in [4.78, 5) is 0. The van der Waals surface area contributed by atoms with Gasteiger partial charge in [-0.1, -0.05) is 0 Å². The molecule has 0 radical (unpaired) electrons. The Labute approximate surface area is 84.0 Å². The molecule has 0 spiro atoms. The third kappa shape index (κ3) is 2.48. The summed E-state index contributed by atoms with van der Waals surface area (Å²) < 4.78 is 7.43. The molecule has 1 aromatic heterocycles. The second-order valence-corrected chi connectivity index (χ2v) is 3.78. The van der Waals surface area contributed by atoms with Gasteiger partial charge in [0.25, 0.3) is 0 Å². The van der Waals surface area contributed by atoms with Gasteiger partial charge in [0.05, 0.1) is 6.10 Å². The first kappa shape index (κ1) is 9.52. The fourth-order valence-electron chi connectivity index (χ4n) is 1.85. The predicted molar refractivity (Wildman–Crippen MR) is 54.8 cm³/mol. The lowest BCUT2D eigenvalue weighted by Gasteiger charge is -2.08. The average Bonchev–Trinajstić information content (AvgIpc) is 2.77. The molecule has 0 aliphatic carbocycles. The molecule has 4 nitrogen and oxygen atoms in total. The van der Waals surface area contributed by atoms with Gasteiger partial charge in [-0.2, -0.15) is 5.10 Å². The SMILES string of the molecule is Nc1ccn(CCCC2CCCO2)n1. The summed E-state index contributed by atoms with van der Waals surface area (Å²) in [6.45, 7) is 1.89. The lowest BCUT2D eigenvalue weighted by molar-refractivity contribution is 0.101. The van der Waals surface area contributed by atoms with E-state index in [0.717, 1.165) is 26.0 Å². The molecule has 2 rings (SSSR count). The van der Waals surface area contributed by atoms with Gasteiger partial charge in [-0.25, -0.2) is 0 Å². The average molecular weight is 195 g/mol. The molecule has 1 unspecified atom stereocenters. The van der Waals surface area contributed by atoms with E-state index in [4.69, 9.17) is 10.5 Å². The molecule has 4 heteroatoms. The largest absolute Gasteiger partial charge is 0.382 e. The van der Waals surface area contributed by atoms with Crippen LogP contribution in [0.15, 0.2) is 12.3 Å². The lowest BCUT2D eigenvalue weighted by atomic mass is 10.1. The van der Waals surface area contributed by atoms with Crippen LogP contribution in [0.25, 0.3) is 0 Å². The number of hydrogen-bond acceptors (Lipinski definition) is 3. The van der Waals surface area contributed by atoms with Gasteiger partial charge in [-0.3, -0.25) is 4.68 Å². The van der Waals surface area contributed by atoms with Crippen LogP contribution in [0.3, 0.4) is 0 Å². The van der Waals surface area contributed by atoms with Crippen molar-refractivity contribution in [2.75, 3.05) is 12.3 Å². The molecule has 1 saturated heterocycles. The van der Waals surface area contributed by atoms with E-state index in [9.17, 15) is 0 Å². The third-order valence-corrected chi connectivity index (χ3v) is 2.60. The van der Waals surface area contributed by atoms with E-state index in [1.54, 1.807) is 0 Å². The van der Waals surface area contributed by atoms with Crippen LogP contribution in [0, 0.1) is 0 Å². The fraction of sp³-hybridized carbons (Fsp3) is 0.700. The number of nitrogens with zero attached hydrogens (tertiary/aromatic N) is 2. The molecule has 14 heavy (non-hydrogen) atoms. The zero-order chi connectivity index (χ0) is 9.80. The fourth-order valence-corrected chi connectivity index (χ4v) is 1.85. The van der Waals surface area contributed by atoms with Crippen molar-refractivity contribution >= 4 is 5.82 Å². The van der Waals surface area contributed by atoms with Gasteiger partial charge < -0.3 is 10.5 Å². The normalized spacial score (nSPS) is 21.6. The highest BCUT2D eigenvalue weighted by Crippen LogP contribution is 2.17. The highest BCUT2D eigenvalue weighted by molar-refractivity contribution is 5.23. The van der Waals surface area contributed by atoms with Crippen molar-refractivity contribution in [1.29, 1.82) is 0 Å². The van der Waals surface area contributed by atoms with E-state index in [1.165, 1.54) is 12.8 Å². The number of rotatable bonds is 4. The molecule has 2 N–H and O–H groups in total. The summed E-state index contributed by atoms with van der Waals surface area (Å²) >= 11 is 0. The quantitative estimate of drug-likeness (QED) is 0.790. The number of nitrogen functional groups attached to an aromatic ring is 1. The summed E-state index contributed by atoms with van der Waals surface area (Å²) in [5.74, 6) is 0.599. The zero-order valence-electron chi connectivity index (χ0n) is 8.35. The molecule has 0 saturated carbocycles. The van der Waals surface area contributed by atoms with Gasteiger partial charge in [-0.15, -0.1) is 0 Å². The first-order valence-electron chi connectivity index (χ1n) is 5.25. The summed E-state index contributed by atoms with van der Waals surface area (Å²) in [6, 6.07) is 1.83. The first-order valence-corrected chi connectivity index (χ1v) is 5.25. The Balaban J connectivity index is 1.67. The molecular weight excluding hydrogens is 178 g/mol. The molecule has 1 atom stereocenters. The topological polar surface area (TPSA) is 53.1 Å². The van der Waals surface area contributed by atoms with Crippen LogP contribution in [-0.4, -0.2) is 22.5 Å². The number of ether oxygens (including phenoxy) is 1. The maximum Gasteiger partial charge on any atom is 0.145 e. The summed E-state index contributed by atoms with van der Waals surface area (Å²) in [5, 5.41) is 4.13. The van der Waals surface area contributed by atoms with E-state index in [2.05, 4.69) is 5.10 Å². The van der Waals surface area contributed by atoms with Gasteiger partial charge in [0.2, 0.25) is 0 Å². The second-order valence-electron chi connectivity index (χ2n) is 3.78. The summed E-state index contributed by atoms with van der Waals surface area (Å²) in [5.41, 5.74) is 5.52. The summed E-state index contributed by atoms with van der Waals surface area (Å²) in [6.07, 6.45) is 7.11. The molecular formula is C10H17N3O. The van der Waals surface area contributed by atoms with Gasteiger partial charge in [-0.05, 0) is 31.7 Å². The monoisotopic (exact) mass is 195 g/mol. The molecule has 1 aliphatic heterocycles. The second kappa shape index (κ2) is 4.46. The number of hydrogen-bond donors (Lipinski definition) is 1. The Morgan fingerprint density at radius 1 is 1.64 bits per heavy atom. The maximum atomic E-state index is 5.54. The van der Waals surface area contributed by atoms with Crippen molar-refractivity contribution in [3.8, 4) is 0 Å². The van der Waals surface area contributed by atoms with Gasteiger partial charge in [0.1, 0.15) is 5.82 Å². The van der Waals surface area contributed by atoms with Crippen LogP contribution in [0.1, 0.15) is 25.7 Å². The zero-order valence-corrected chi connectivity index (χ0v) is 8.35. The van der Waals surface area contributed by atoms with Crippen molar-refractivity contribution in [2.45, 2.75) is 38.3 Å².